The van der Waals surface area contributed by atoms with Crippen LogP contribution in [-0.4, -0.2) is 0 Å². The fraction of sp³-hybridized carbons (Fsp3) is 0.182. The number of rotatable bonds is 2. The van der Waals surface area contributed by atoms with E-state index in [1.54, 1.807) is 12.1 Å². The fourth-order valence-corrected chi connectivity index (χ4v) is 2.48. The predicted octanol–water partition coefficient (Wildman–Crippen LogP) is 7.08. The third kappa shape index (κ3) is 4.11. The lowest BCUT2D eigenvalue weighted by atomic mass is 9.98. The average Bonchev–Trinajstić information content (AvgIpc) is 2.61. The van der Waals surface area contributed by atoms with Crippen LogP contribution in [0.1, 0.15) is 25.0 Å². The van der Waals surface area contributed by atoms with Crippen LogP contribution in [0.15, 0.2) is 54.6 Å². The van der Waals surface area contributed by atoms with E-state index in [1.165, 1.54) is 13.0 Å². The van der Waals surface area contributed by atoms with Gasteiger partial charge in [-0.2, -0.15) is 0 Å². The normalized spacial score (nSPS) is 10.2. The Balaban J connectivity index is 0.00000109. The third-order valence-electron chi connectivity index (χ3n) is 3.95. The molecule has 0 aromatic heterocycles. The maximum absolute atomic E-state index is 14.4. The highest BCUT2D eigenvalue weighted by molar-refractivity contribution is 5.71. The van der Waals surface area contributed by atoms with Crippen LogP contribution >= 0.6 is 0 Å². The first-order valence-corrected chi connectivity index (χ1v) is 8.28. The number of halogens is 3. The Bertz CT molecular complexity index is 842. The lowest BCUT2D eigenvalue weighted by molar-refractivity contribution is 0.568. The monoisotopic (exact) mass is 342 g/mol. The Morgan fingerprint density at radius 1 is 0.560 bits per heavy atom. The van der Waals surface area contributed by atoms with Crippen LogP contribution in [0.5, 0.6) is 0 Å². The van der Waals surface area contributed by atoms with Crippen molar-refractivity contribution in [1.82, 2.24) is 0 Å². The quantitative estimate of drug-likeness (QED) is 0.467. The summed E-state index contributed by atoms with van der Waals surface area (Å²) in [5.74, 6) is -1.87. The lowest BCUT2D eigenvalue weighted by Gasteiger charge is -2.09. The molecular formula is C22H21F3. The molecule has 3 aromatic carbocycles. The SMILES string of the molecule is CC.Cc1ccc(-c2ccc(-c3cc(F)c(C)c(F)c3)c(F)c2)cc1. The van der Waals surface area contributed by atoms with Crippen LogP contribution in [0.25, 0.3) is 22.3 Å². The summed E-state index contributed by atoms with van der Waals surface area (Å²) in [4.78, 5) is 0. The molecule has 0 bridgehead atoms. The minimum absolute atomic E-state index is 0.0644. The molecule has 3 aromatic rings. The summed E-state index contributed by atoms with van der Waals surface area (Å²) in [7, 11) is 0. The first-order valence-electron chi connectivity index (χ1n) is 8.28. The molecule has 0 aliphatic carbocycles. The van der Waals surface area contributed by atoms with Gasteiger partial charge in [0, 0.05) is 11.1 Å². The van der Waals surface area contributed by atoms with Crippen molar-refractivity contribution in [3.8, 4) is 22.3 Å². The maximum Gasteiger partial charge on any atom is 0.131 e. The fourth-order valence-electron chi connectivity index (χ4n) is 2.48. The summed E-state index contributed by atoms with van der Waals surface area (Å²) in [6.45, 7) is 7.33. The molecule has 3 heteroatoms. The molecule has 0 N–H and O–H groups in total. The molecule has 25 heavy (non-hydrogen) atoms. The van der Waals surface area contributed by atoms with E-state index in [-0.39, 0.29) is 16.7 Å². The summed E-state index contributed by atoms with van der Waals surface area (Å²) in [6.07, 6.45) is 0. The van der Waals surface area contributed by atoms with E-state index in [2.05, 4.69) is 0 Å². The maximum atomic E-state index is 14.4. The largest absolute Gasteiger partial charge is 0.207 e. The van der Waals surface area contributed by atoms with Crippen LogP contribution < -0.4 is 0 Å². The van der Waals surface area contributed by atoms with E-state index >= 15 is 0 Å². The standard InChI is InChI=1S/C20H15F3.C2H6/c1-12-3-5-14(6-4-12)15-7-8-17(20(23)9-15)16-10-18(21)13(2)19(22)11-16;1-2/h3-11H,1-2H3;1-2H3. The third-order valence-corrected chi connectivity index (χ3v) is 3.95. The summed E-state index contributed by atoms with van der Waals surface area (Å²) >= 11 is 0. The molecule has 0 fully saturated rings. The van der Waals surface area contributed by atoms with Gasteiger partial charge in [0.15, 0.2) is 0 Å². The highest BCUT2D eigenvalue weighted by atomic mass is 19.1. The highest BCUT2D eigenvalue weighted by Gasteiger charge is 2.12. The zero-order valence-corrected chi connectivity index (χ0v) is 14.8. The molecule has 0 atom stereocenters. The molecular weight excluding hydrogens is 321 g/mol. The minimum Gasteiger partial charge on any atom is -0.207 e. The molecule has 0 aliphatic heterocycles. The Hall–Kier alpha value is -2.55. The average molecular weight is 342 g/mol. The van der Waals surface area contributed by atoms with E-state index < -0.39 is 17.5 Å². The van der Waals surface area contributed by atoms with Crippen molar-refractivity contribution in [2.75, 3.05) is 0 Å². The molecule has 0 aliphatic rings. The number of benzene rings is 3. The number of hydrogen-bond donors (Lipinski definition) is 0. The second-order valence-electron chi connectivity index (χ2n) is 5.63. The van der Waals surface area contributed by atoms with Gasteiger partial charge in [0.1, 0.15) is 17.5 Å². The molecule has 0 spiro atoms. The van der Waals surface area contributed by atoms with Crippen LogP contribution in [0, 0.1) is 31.3 Å². The molecule has 0 saturated heterocycles. The van der Waals surface area contributed by atoms with E-state index in [4.69, 9.17) is 0 Å². The second-order valence-corrected chi connectivity index (χ2v) is 5.63. The van der Waals surface area contributed by atoms with Crippen molar-refractivity contribution in [3.63, 3.8) is 0 Å². The van der Waals surface area contributed by atoms with Gasteiger partial charge in [-0.3, -0.25) is 0 Å². The lowest BCUT2D eigenvalue weighted by Crippen LogP contribution is -1.93. The Morgan fingerprint density at radius 3 is 1.56 bits per heavy atom. The van der Waals surface area contributed by atoms with Gasteiger partial charge in [0.25, 0.3) is 0 Å². The molecule has 0 amide bonds. The molecule has 0 nitrogen and oxygen atoms in total. The van der Waals surface area contributed by atoms with Crippen molar-refractivity contribution in [2.45, 2.75) is 27.7 Å². The van der Waals surface area contributed by atoms with Crippen LogP contribution in [-0.2, 0) is 0 Å². The van der Waals surface area contributed by atoms with E-state index in [0.29, 0.717) is 0 Å². The summed E-state index contributed by atoms with van der Waals surface area (Å²) in [5.41, 5.74) is 3.04. The first kappa shape index (κ1) is 18.8. The van der Waals surface area contributed by atoms with Gasteiger partial charge >= 0.3 is 0 Å². The van der Waals surface area contributed by atoms with Gasteiger partial charge < -0.3 is 0 Å². The van der Waals surface area contributed by atoms with E-state index in [1.807, 2.05) is 45.0 Å². The smallest absolute Gasteiger partial charge is 0.131 e. The van der Waals surface area contributed by atoms with Gasteiger partial charge in [-0.1, -0.05) is 55.8 Å². The van der Waals surface area contributed by atoms with E-state index in [0.717, 1.165) is 28.8 Å². The highest BCUT2D eigenvalue weighted by Crippen LogP contribution is 2.30. The van der Waals surface area contributed by atoms with Crippen LogP contribution in [0.4, 0.5) is 13.2 Å². The molecule has 0 radical (unpaired) electrons. The van der Waals surface area contributed by atoms with Crippen molar-refractivity contribution < 1.29 is 13.2 Å². The number of hydrogen-bond acceptors (Lipinski definition) is 0. The Labute approximate surface area is 147 Å². The first-order chi connectivity index (χ1) is 12.0. The summed E-state index contributed by atoms with van der Waals surface area (Å²) in [5, 5.41) is 0. The van der Waals surface area contributed by atoms with Crippen molar-refractivity contribution in [1.29, 1.82) is 0 Å². The van der Waals surface area contributed by atoms with Gasteiger partial charge in [-0.15, -0.1) is 0 Å². The van der Waals surface area contributed by atoms with Crippen LogP contribution in [0.3, 0.4) is 0 Å². The zero-order valence-electron chi connectivity index (χ0n) is 14.8. The van der Waals surface area contributed by atoms with Crippen molar-refractivity contribution in [3.05, 3.63) is 83.2 Å². The number of aryl methyl sites for hydroxylation is 1. The molecule has 0 saturated carbocycles. The van der Waals surface area contributed by atoms with E-state index in [9.17, 15) is 13.2 Å². The molecule has 0 unspecified atom stereocenters. The zero-order chi connectivity index (χ0) is 18.6. The summed E-state index contributed by atoms with van der Waals surface area (Å²) in [6, 6.07) is 14.7. The van der Waals surface area contributed by atoms with Crippen molar-refractivity contribution >= 4 is 0 Å². The minimum atomic E-state index is -0.679. The van der Waals surface area contributed by atoms with Gasteiger partial charge in [-0.05, 0) is 48.7 Å². The topological polar surface area (TPSA) is 0 Å². The molecule has 0 heterocycles. The van der Waals surface area contributed by atoms with Gasteiger partial charge in [0.05, 0.1) is 0 Å². The van der Waals surface area contributed by atoms with Gasteiger partial charge in [0.2, 0.25) is 0 Å². The predicted molar refractivity (Wildman–Crippen MR) is 98.0 cm³/mol. The second kappa shape index (κ2) is 8.02. The Morgan fingerprint density at radius 2 is 1.04 bits per heavy atom. The molecule has 3 rings (SSSR count). The van der Waals surface area contributed by atoms with Crippen LogP contribution in [0.2, 0.25) is 0 Å². The van der Waals surface area contributed by atoms with Gasteiger partial charge in [-0.25, -0.2) is 13.2 Å². The molecule has 130 valence electrons. The summed E-state index contributed by atoms with van der Waals surface area (Å²) < 4.78 is 41.8. The van der Waals surface area contributed by atoms with Crippen molar-refractivity contribution in [2.24, 2.45) is 0 Å². The Kier molecular flexibility index (Phi) is 6.02.